The molecule has 1 aliphatic carbocycles. The molecule has 2 nitrogen and oxygen atoms in total. The third-order valence-electron chi connectivity index (χ3n) is 2.91. The van der Waals surface area contributed by atoms with Crippen LogP contribution in [0.5, 0.6) is 0 Å². The van der Waals surface area contributed by atoms with E-state index in [-0.39, 0.29) is 6.10 Å². The van der Waals surface area contributed by atoms with Gasteiger partial charge < -0.3 is 10.4 Å². The van der Waals surface area contributed by atoms with Gasteiger partial charge in [-0.05, 0) is 37.6 Å². The minimum atomic E-state index is -0.141. The standard InChI is InChI=1S/C11H17NOS/c1-8(11-6-3-7-14-11)12-9-4-2-5-10(9)13/h3,6-10,12-13H,2,4-5H2,1H3/t8-,9-,10-/m1/s1. The van der Waals surface area contributed by atoms with E-state index in [2.05, 4.69) is 29.8 Å². The van der Waals surface area contributed by atoms with Crippen LogP contribution < -0.4 is 5.32 Å². The molecule has 0 saturated heterocycles. The summed E-state index contributed by atoms with van der Waals surface area (Å²) >= 11 is 1.77. The van der Waals surface area contributed by atoms with Gasteiger partial charge in [-0.3, -0.25) is 0 Å². The maximum Gasteiger partial charge on any atom is 0.0693 e. The van der Waals surface area contributed by atoms with Crippen LogP contribution in [0.25, 0.3) is 0 Å². The predicted octanol–water partition coefficient (Wildman–Crippen LogP) is 2.31. The van der Waals surface area contributed by atoms with Crippen LogP contribution in [0, 0.1) is 0 Å². The highest BCUT2D eigenvalue weighted by molar-refractivity contribution is 7.10. The zero-order valence-corrected chi connectivity index (χ0v) is 9.26. The van der Waals surface area contributed by atoms with Crippen molar-refractivity contribution in [3.8, 4) is 0 Å². The fraction of sp³-hybridized carbons (Fsp3) is 0.636. The number of hydrogen-bond acceptors (Lipinski definition) is 3. The zero-order valence-electron chi connectivity index (χ0n) is 8.44. The highest BCUT2D eigenvalue weighted by Crippen LogP contribution is 2.24. The number of hydrogen-bond donors (Lipinski definition) is 2. The average Bonchev–Trinajstić information content (AvgIpc) is 2.77. The third-order valence-corrected chi connectivity index (χ3v) is 3.97. The Morgan fingerprint density at radius 2 is 2.43 bits per heavy atom. The minimum absolute atomic E-state index is 0.141. The molecule has 1 fully saturated rings. The smallest absolute Gasteiger partial charge is 0.0693 e. The van der Waals surface area contributed by atoms with Crippen LogP contribution in [0.4, 0.5) is 0 Å². The van der Waals surface area contributed by atoms with Gasteiger partial charge in [-0.2, -0.15) is 0 Å². The molecule has 1 aromatic heterocycles. The van der Waals surface area contributed by atoms with Crippen molar-refractivity contribution >= 4 is 11.3 Å². The molecule has 1 aliphatic rings. The van der Waals surface area contributed by atoms with E-state index >= 15 is 0 Å². The molecule has 0 radical (unpaired) electrons. The Hall–Kier alpha value is -0.380. The normalized spacial score (nSPS) is 29.3. The highest BCUT2D eigenvalue weighted by atomic mass is 32.1. The van der Waals surface area contributed by atoms with Gasteiger partial charge in [0.1, 0.15) is 0 Å². The lowest BCUT2D eigenvalue weighted by molar-refractivity contribution is 0.144. The first-order chi connectivity index (χ1) is 6.77. The molecule has 1 saturated carbocycles. The summed E-state index contributed by atoms with van der Waals surface area (Å²) < 4.78 is 0. The average molecular weight is 211 g/mol. The van der Waals surface area contributed by atoms with Gasteiger partial charge in [-0.25, -0.2) is 0 Å². The fourth-order valence-electron chi connectivity index (χ4n) is 2.08. The summed E-state index contributed by atoms with van der Waals surface area (Å²) in [6.07, 6.45) is 3.07. The molecule has 14 heavy (non-hydrogen) atoms. The van der Waals surface area contributed by atoms with Gasteiger partial charge >= 0.3 is 0 Å². The van der Waals surface area contributed by atoms with Crippen molar-refractivity contribution in [2.45, 2.75) is 44.4 Å². The molecule has 2 rings (SSSR count). The Morgan fingerprint density at radius 3 is 3.00 bits per heavy atom. The Labute approximate surface area is 89.0 Å². The summed E-state index contributed by atoms with van der Waals surface area (Å²) in [5.74, 6) is 0. The maximum atomic E-state index is 9.68. The molecule has 3 heteroatoms. The minimum Gasteiger partial charge on any atom is -0.392 e. The van der Waals surface area contributed by atoms with Crippen LogP contribution in [0.1, 0.15) is 37.1 Å². The summed E-state index contributed by atoms with van der Waals surface area (Å²) in [7, 11) is 0. The van der Waals surface area contributed by atoms with E-state index in [1.165, 1.54) is 4.88 Å². The molecule has 0 spiro atoms. The van der Waals surface area contributed by atoms with Crippen LogP contribution in [0.2, 0.25) is 0 Å². The van der Waals surface area contributed by atoms with Gasteiger partial charge in [-0.1, -0.05) is 6.07 Å². The van der Waals surface area contributed by atoms with Crippen molar-refractivity contribution in [1.82, 2.24) is 5.32 Å². The van der Waals surface area contributed by atoms with Crippen molar-refractivity contribution in [3.63, 3.8) is 0 Å². The quantitative estimate of drug-likeness (QED) is 0.804. The van der Waals surface area contributed by atoms with Crippen molar-refractivity contribution in [1.29, 1.82) is 0 Å². The number of rotatable bonds is 3. The molecule has 0 bridgehead atoms. The highest BCUT2D eigenvalue weighted by Gasteiger charge is 2.26. The van der Waals surface area contributed by atoms with Gasteiger partial charge in [0.15, 0.2) is 0 Å². The van der Waals surface area contributed by atoms with Gasteiger partial charge in [-0.15, -0.1) is 11.3 Å². The molecule has 0 aliphatic heterocycles. The maximum absolute atomic E-state index is 9.68. The van der Waals surface area contributed by atoms with Crippen molar-refractivity contribution in [2.24, 2.45) is 0 Å². The van der Waals surface area contributed by atoms with Crippen molar-refractivity contribution in [2.75, 3.05) is 0 Å². The number of thiophene rings is 1. The number of nitrogens with one attached hydrogen (secondary N) is 1. The Morgan fingerprint density at radius 1 is 1.57 bits per heavy atom. The van der Waals surface area contributed by atoms with E-state index < -0.39 is 0 Å². The van der Waals surface area contributed by atoms with E-state index in [4.69, 9.17) is 0 Å². The van der Waals surface area contributed by atoms with Crippen molar-refractivity contribution in [3.05, 3.63) is 22.4 Å². The zero-order chi connectivity index (χ0) is 9.97. The van der Waals surface area contributed by atoms with Gasteiger partial charge in [0.2, 0.25) is 0 Å². The van der Waals surface area contributed by atoms with Crippen molar-refractivity contribution < 1.29 is 5.11 Å². The molecule has 2 N–H and O–H groups in total. The van der Waals surface area contributed by atoms with Crippen LogP contribution in [-0.2, 0) is 0 Å². The second kappa shape index (κ2) is 4.43. The molecule has 1 aromatic rings. The molecular formula is C11H17NOS. The lowest BCUT2D eigenvalue weighted by Crippen LogP contribution is -2.36. The topological polar surface area (TPSA) is 32.3 Å². The van der Waals surface area contributed by atoms with Crippen LogP contribution >= 0.6 is 11.3 Å². The first-order valence-electron chi connectivity index (χ1n) is 5.25. The molecule has 3 atom stereocenters. The van der Waals surface area contributed by atoms with E-state index in [1.807, 2.05) is 0 Å². The molecular weight excluding hydrogens is 194 g/mol. The molecule has 78 valence electrons. The first-order valence-corrected chi connectivity index (χ1v) is 6.13. The van der Waals surface area contributed by atoms with E-state index in [9.17, 15) is 5.11 Å². The molecule has 0 amide bonds. The van der Waals surface area contributed by atoms with Crippen LogP contribution in [0.3, 0.4) is 0 Å². The summed E-state index contributed by atoms with van der Waals surface area (Å²) in [5.41, 5.74) is 0. The van der Waals surface area contributed by atoms with Gasteiger partial charge in [0, 0.05) is 17.0 Å². The lowest BCUT2D eigenvalue weighted by Gasteiger charge is -2.21. The summed E-state index contributed by atoms with van der Waals surface area (Å²) in [6, 6.07) is 4.88. The van der Waals surface area contributed by atoms with Crippen LogP contribution in [-0.4, -0.2) is 17.3 Å². The number of aliphatic hydroxyl groups is 1. The Bertz CT molecular complexity index is 273. The fourth-order valence-corrected chi connectivity index (χ4v) is 2.82. The summed E-state index contributed by atoms with van der Waals surface area (Å²) in [4.78, 5) is 1.35. The Kier molecular flexibility index (Phi) is 3.21. The largest absolute Gasteiger partial charge is 0.392 e. The van der Waals surface area contributed by atoms with E-state index in [1.54, 1.807) is 11.3 Å². The molecule has 0 unspecified atom stereocenters. The molecule has 0 aromatic carbocycles. The Balaban J connectivity index is 1.91. The van der Waals surface area contributed by atoms with Crippen LogP contribution in [0.15, 0.2) is 17.5 Å². The van der Waals surface area contributed by atoms with Gasteiger partial charge in [0.25, 0.3) is 0 Å². The summed E-state index contributed by atoms with van der Waals surface area (Å²) in [6.45, 7) is 2.16. The predicted molar refractivity (Wildman–Crippen MR) is 59.5 cm³/mol. The van der Waals surface area contributed by atoms with E-state index in [0.717, 1.165) is 19.3 Å². The first kappa shape index (κ1) is 10.1. The lowest BCUT2D eigenvalue weighted by atomic mass is 10.1. The second-order valence-corrected chi connectivity index (χ2v) is 4.99. The third kappa shape index (κ3) is 2.16. The van der Waals surface area contributed by atoms with E-state index in [0.29, 0.717) is 12.1 Å². The monoisotopic (exact) mass is 211 g/mol. The van der Waals surface area contributed by atoms with Gasteiger partial charge in [0.05, 0.1) is 6.10 Å². The SMILES string of the molecule is C[C@@H](N[C@@H]1CCC[C@H]1O)c1cccs1. The number of aliphatic hydroxyl groups excluding tert-OH is 1. The second-order valence-electron chi connectivity index (χ2n) is 4.01. The summed E-state index contributed by atoms with van der Waals surface area (Å²) in [5, 5.41) is 15.3. The molecule has 1 heterocycles.